The molecule has 3 heterocycles. The normalized spacial score (nSPS) is 26.1. The molecule has 3 rings (SSSR count). The minimum absolute atomic E-state index is 0.00600. The van der Waals surface area contributed by atoms with Crippen molar-refractivity contribution in [2.45, 2.75) is 66.7 Å². The molecule has 0 saturated carbocycles. The van der Waals surface area contributed by atoms with E-state index in [1.54, 1.807) is 12.5 Å². The van der Waals surface area contributed by atoms with Gasteiger partial charge in [-0.05, 0) is 29.6 Å². The Morgan fingerprint density at radius 3 is 2.57 bits per heavy atom. The second kappa shape index (κ2) is 5.55. The van der Waals surface area contributed by atoms with E-state index < -0.39 is 0 Å². The molecule has 0 amide bonds. The number of ether oxygens (including phenoxy) is 1. The highest BCUT2D eigenvalue weighted by atomic mass is 16.5. The Kier molecular flexibility index (Phi) is 3.95. The fraction of sp³-hybridized carbons (Fsp3) is 0.722. The quantitative estimate of drug-likeness (QED) is 0.832. The van der Waals surface area contributed by atoms with Crippen LogP contribution in [-0.4, -0.2) is 25.6 Å². The zero-order chi connectivity index (χ0) is 16.8. The molecule has 0 aromatic carbocycles. The van der Waals surface area contributed by atoms with Gasteiger partial charge >= 0.3 is 0 Å². The van der Waals surface area contributed by atoms with Crippen LogP contribution in [0.15, 0.2) is 18.9 Å². The maximum absolute atomic E-state index is 6.49. The molecule has 1 unspecified atom stereocenters. The fourth-order valence-corrected chi connectivity index (χ4v) is 3.60. The van der Waals surface area contributed by atoms with Crippen LogP contribution in [0.3, 0.4) is 0 Å². The van der Waals surface area contributed by atoms with Crippen LogP contribution in [-0.2, 0) is 4.74 Å². The van der Waals surface area contributed by atoms with Gasteiger partial charge in [-0.1, -0.05) is 41.5 Å². The number of nitrogens with zero attached hydrogens (tertiary/aromatic N) is 4. The van der Waals surface area contributed by atoms with Crippen LogP contribution < -0.4 is 0 Å². The van der Waals surface area contributed by atoms with Crippen LogP contribution in [0, 0.1) is 16.7 Å². The zero-order valence-electron chi connectivity index (χ0n) is 15.1. The van der Waals surface area contributed by atoms with Crippen LogP contribution in [0.2, 0.25) is 0 Å². The van der Waals surface area contributed by atoms with Crippen molar-refractivity contribution in [3.63, 3.8) is 0 Å². The summed E-state index contributed by atoms with van der Waals surface area (Å²) in [7, 11) is 0. The van der Waals surface area contributed by atoms with Crippen molar-refractivity contribution in [3.05, 3.63) is 18.9 Å². The van der Waals surface area contributed by atoms with Gasteiger partial charge in [0, 0.05) is 0 Å². The van der Waals surface area contributed by atoms with Gasteiger partial charge in [0.25, 0.3) is 0 Å². The number of hydrogen-bond donors (Lipinski definition) is 0. The zero-order valence-corrected chi connectivity index (χ0v) is 15.1. The van der Waals surface area contributed by atoms with Gasteiger partial charge in [0.05, 0.1) is 18.6 Å². The Morgan fingerprint density at radius 1 is 1.17 bits per heavy atom. The maximum atomic E-state index is 6.49. The molecule has 0 aliphatic carbocycles. The van der Waals surface area contributed by atoms with E-state index in [1.165, 1.54) is 0 Å². The summed E-state index contributed by atoms with van der Waals surface area (Å²) in [6.07, 6.45) is 7.49. The third-order valence-electron chi connectivity index (χ3n) is 4.71. The molecule has 1 fully saturated rings. The highest BCUT2D eigenvalue weighted by Crippen LogP contribution is 2.47. The molecule has 0 N–H and O–H groups in total. The first-order valence-electron chi connectivity index (χ1n) is 8.43. The standard InChI is InChI=1S/C18H28N4O/c1-17(2,3)8-14-12(18(4,5)6)7-15(23-14)22-11-21-13-9-19-10-20-16(13)22/h9-12,14-15H,7-8H2,1-6H3/t12?,14-,15-/m1/s1. The Labute approximate surface area is 138 Å². The molecule has 1 aliphatic rings. The molecular weight excluding hydrogens is 288 g/mol. The number of fused-ring (bicyclic) bond motifs is 1. The van der Waals surface area contributed by atoms with Gasteiger partial charge in [-0.2, -0.15) is 0 Å². The first kappa shape index (κ1) is 16.4. The number of rotatable bonds is 2. The van der Waals surface area contributed by atoms with E-state index in [4.69, 9.17) is 4.74 Å². The lowest BCUT2D eigenvalue weighted by molar-refractivity contribution is -0.0309. The van der Waals surface area contributed by atoms with Crippen LogP contribution in [0.4, 0.5) is 0 Å². The summed E-state index contributed by atoms with van der Waals surface area (Å²) in [5.41, 5.74) is 2.15. The van der Waals surface area contributed by atoms with Crippen LogP contribution in [0.25, 0.3) is 11.2 Å². The third kappa shape index (κ3) is 3.39. The summed E-state index contributed by atoms with van der Waals surface area (Å²) in [5.74, 6) is 0.519. The second-order valence-electron chi connectivity index (χ2n) is 8.99. The van der Waals surface area contributed by atoms with Crippen molar-refractivity contribution in [1.29, 1.82) is 0 Å². The van der Waals surface area contributed by atoms with Crippen molar-refractivity contribution < 1.29 is 4.74 Å². The maximum Gasteiger partial charge on any atom is 0.165 e. The Hall–Kier alpha value is -1.49. The van der Waals surface area contributed by atoms with Gasteiger partial charge in [0.15, 0.2) is 5.65 Å². The van der Waals surface area contributed by atoms with E-state index in [1.807, 2.05) is 6.33 Å². The van der Waals surface area contributed by atoms with Gasteiger partial charge in [-0.3, -0.25) is 4.57 Å². The molecule has 0 radical (unpaired) electrons. The Balaban J connectivity index is 1.90. The summed E-state index contributed by atoms with van der Waals surface area (Å²) in [6.45, 7) is 13.8. The Morgan fingerprint density at radius 2 is 1.91 bits per heavy atom. The topological polar surface area (TPSA) is 52.8 Å². The molecule has 1 saturated heterocycles. The van der Waals surface area contributed by atoms with Crippen molar-refractivity contribution in [3.8, 4) is 0 Å². The second-order valence-corrected chi connectivity index (χ2v) is 8.99. The van der Waals surface area contributed by atoms with Crippen molar-refractivity contribution in [2.24, 2.45) is 16.7 Å². The summed E-state index contributed by atoms with van der Waals surface area (Å²) >= 11 is 0. The molecule has 1 aliphatic heterocycles. The van der Waals surface area contributed by atoms with Gasteiger partial charge in [0.1, 0.15) is 18.1 Å². The first-order valence-corrected chi connectivity index (χ1v) is 8.43. The van der Waals surface area contributed by atoms with Gasteiger partial charge in [-0.25, -0.2) is 15.0 Å². The van der Waals surface area contributed by atoms with Crippen LogP contribution in [0.1, 0.15) is 60.6 Å². The average Bonchev–Trinajstić information content (AvgIpc) is 2.99. The fourth-order valence-electron chi connectivity index (χ4n) is 3.60. The summed E-state index contributed by atoms with van der Waals surface area (Å²) in [6, 6.07) is 0. The predicted molar refractivity (Wildman–Crippen MR) is 90.9 cm³/mol. The largest absolute Gasteiger partial charge is 0.354 e. The molecule has 0 bridgehead atoms. The number of hydrogen-bond acceptors (Lipinski definition) is 4. The lowest BCUT2D eigenvalue weighted by Gasteiger charge is -2.33. The summed E-state index contributed by atoms with van der Waals surface area (Å²) < 4.78 is 8.56. The van der Waals surface area contributed by atoms with Crippen molar-refractivity contribution >= 4 is 11.2 Å². The molecule has 2 aromatic heterocycles. The molecule has 0 spiro atoms. The van der Waals surface area contributed by atoms with E-state index in [-0.39, 0.29) is 23.2 Å². The predicted octanol–water partition coefficient (Wildman–Crippen LogP) is 4.21. The summed E-state index contributed by atoms with van der Waals surface area (Å²) in [4.78, 5) is 12.8. The SMILES string of the molecule is CC(C)(C)C[C@H]1O[C@@H](n2cnc3cncnc32)CC1C(C)(C)C. The van der Waals surface area contributed by atoms with Crippen molar-refractivity contribution in [1.82, 2.24) is 19.5 Å². The average molecular weight is 316 g/mol. The minimum atomic E-state index is 0.00600. The lowest BCUT2D eigenvalue weighted by atomic mass is 9.73. The Bertz CT molecular complexity index is 680. The van der Waals surface area contributed by atoms with E-state index in [9.17, 15) is 0 Å². The van der Waals surface area contributed by atoms with Gasteiger partial charge in [-0.15, -0.1) is 0 Å². The van der Waals surface area contributed by atoms with Crippen molar-refractivity contribution in [2.75, 3.05) is 0 Å². The lowest BCUT2D eigenvalue weighted by Crippen LogP contribution is -2.31. The molecule has 126 valence electrons. The molecular formula is C18H28N4O. The molecule has 5 heteroatoms. The van der Waals surface area contributed by atoms with E-state index in [2.05, 4.69) is 61.1 Å². The van der Waals surface area contributed by atoms with E-state index in [0.29, 0.717) is 5.92 Å². The molecule has 2 aromatic rings. The number of imidazole rings is 1. The highest BCUT2D eigenvalue weighted by molar-refractivity contribution is 5.68. The van der Waals surface area contributed by atoms with Gasteiger partial charge in [0.2, 0.25) is 0 Å². The van der Waals surface area contributed by atoms with E-state index >= 15 is 0 Å². The third-order valence-corrected chi connectivity index (χ3v) is 4.71. The smallest absolute Gasteiger partial charge is 0.165 e. The monoisotopic (exact) mass is 316 g/mol. The molecule has 23 heavy (non-hydrogen) atoms. The molecule has 3 atom stereocenters. The van der Waals surface area contributed by atoms with Gasteiger partial charge < -0.3 is 4.74 Å². The number of aromatic nitrogens is 4. The first-order chi connectivity index (χ1) is 10.6. The van der Waals surface area contributed by atoms with Crippen LogP contribution >= 0.6 is 0 Å². The summed E-state index contributed by atoms with van der Waals surface area (Å²) in [5, 5.41) is 0. The molecule has 5 nitrogen and oxygen atoms in total. The minimum Gasteiger partial charge on any atom is -0.354 e. The van der Waals surface area contributed by atoms with E-state index in [0.717, 1.165) is 24.0 Å². The highest BCUT2D eigenvalue weighted by Gasteiger charge is 2.44. The van der Waals surface area contributed by atoms with Crippen LogP contribution in [0.5, 0.6) is 0 Å².